The molecule has 1 heterocycles. The van der Waals surface area contributed by atoms with E-state index in [1.165, 1.54) is 12.1 Å². The van der Waals surface area contributed by atoms with Gasteiger partial charge in [0, 0.05) is 29.4 Å². The molecule has 0 N–H and O–H groups in total. The fourth-order valence-electron chi connectivity index (χ4n) is 3.88. The number of benzene rings is 4. The van der Waals surface area contributed by atoms with Crippen LogP contribution in [-0.4, -0.2) is 0 Å². The van der Waals surface area contributed by atoms with E-state index in [2.05, 4.69) is 23.5 Å². The van der Waals surface area contributed by atoms with Crippen LogP contribution < -0.4 is 5.32 Å². The molecule has 0 atom stereocenters. The minimum absolute atomic E-state index is 0.373. The van der Waals surface area contributed by atoms with Crippen molar-refractivity contribution in [3.05, 3.63) is 108 Å². The molecular formula is C27H19F3NO. The quantitative estimate of drug-likeness (QED) is 0.282. The van der Waals surface area contributed by atoms with Crippen molar-refractivity contribution in [3.63, 3.8) is 0 Å². The molecule has 0 aliphatic heterocycles. The maximum absolute atomic E-state index is 12.7. The van der Waals surface area contributed by atoms with Crippen LogP contribution in [0.3, 0.4) is 0 Å². The highest BCUT2D eigenvalue weighted by atomic mass is 19.4. The molecule has 159 valence electrons. The Kier molecular flexibility index (Phi) is 5.19. The van der Waals surface area contributed by atoms with Gasteiger partial charge in [-0.2, -0.15) is 13.2 Å². The van der Waals surface area contributed by atoms with Crippen LogP contribution in [0.5, 0.6) is 0 Å². The Balaban J connectivity index is 1.29. The van der Waals surface area contributed by atoms with Gasteiger partial charge in [-0.05, 0) is 34.9 Å². The highest BCUT2D eigenvalue weighted by Gasteiger charge is 2.29. The molecule has 0 aliphatic rings. The van der Waals surface area contributed by atoms with E-state index in [1.807, 2.05) is 48.5 Å². The average Bonchev–Trinajstić information content (AvgIpc) is 3.18. The summed E-state index contributed by atoms with van der Waals surface area (Å²) in [6, 6.07) is 27.4. The van der Waals surface area contributed by atoms with Crippen LogP contribution in [0, 0.1) is 0 Å². The Morgan fingerprint density at radius 3 is 1.97 bits per heavy atom. The molecular weight excluding hydrogens is 411 g/mol. The molecule has 4 aromatic carbocycles. The first-order valence-corrected chi connectivity index (χ1v) is 10.3. The lowest BCUT2D eigenvalue weighted by Crippen LogP contribution is -2.07. The van der Waals surface area contributed by atoms with Gasteiger partial charge in [-0.15, -0.1) is 0 Å². The van der Waals surface area contributed by atoms with Crippen LogP contribution in [-0.2, 0) is 19.3 Å². The SMILES string of the molecule is FC(F)(F)c1ccc(C[N]Cc2ccc(-c3cccc4c3oc3ccccc34)cc2)cc1. The van der Waals surface area contributed by atoms with Gasteiger partial charge in [-0.25, -0.2) is 5.32 Å². The number of halogens is 3. The second-order valence-electron chi connectivity index (χ2n) is 7.71. The first kappa shape index (κ1) is 20.3. The number of para-hydroxylation sites is 2. The van der Waals surface area contributed by atoms with Crippen molar-refractivity contribution in [3.8, 4) is 11.1 Å². The maximum atomic E-state index is 12.7. The monoisotopic (exact) mass is 430 g/mol. The number of hydrogen-bond donors (Lipinski definition) is 0. The van der Waals surface area contributed by atoms with Crippen LogP contribution in [0.2, 0.25) is 0 Å². The largest absolute Gasteiger partial charge is 0.455 e. The minimum atomic E-state index is -4.32. The third-order valence-corrected chi connectivity index (χ3v) is 5.54. The number of fused-ring (bicyclic) bond motifs is 3. The number of hydrogen-bond acceptors (Lipinski definition) is 1. The Labute approximate surface area is 183 Å². The summed E-state index contributed by atoms with van der Waals surface area (Å²) in [7, 11) is 0. The summed E-state index contributed by atoms with van der Waals surface area (Å²) in [4.78, 5) is 0. The second-order valence-corrected chi connectivity index (χ2v) is 7.71. The first-order chi connectivity index (χ1) is 15.5. The normalized spacial score (nSPS) is 12.0. The van der Waals surface area contributed by atoms with Crippen molar-refractivity contribution in [2.24, 2.45) is 0 Å². The maximum Gasteiger partial charge on any atom is 0.416 e. The highest BCUT2D eigenvalue weighted by Crippen LogP contribution is 2.35. The summed E-state index contributed by atoms with van der Waals surface area (Å²) in [6.45, 7) is 0.869. The molecule has 0 saturated carbocycles. The van der Waals surface area contributed by atoms with Gasteiger partial charge in [-0.1, -0.05) is 72.8 Å². The molecule has 2 nitrogen and oxygen atoms in total. The zero-order valence-electron chi connectivity index (χ0n) is 17.1. The Morgan fingerprint density at radius 2 is 1.28 bits per heavy atom. The molecule has 1 aromatic heterocycles. The molecule has 0 amide bonds. The van der Waals surface area contributed by atoms with E-state index in [9.17, 15) is 13.2 Å². The molecule has 0 unspecified atom stereocenters. The van der Waals surface area contributed by atoms with E-state index in [0.717, 1.165) is 56.3 Å². The van der Waals surface area contributed by atoms with Crippen LogP contribution in [0.4, 0.5) is 13.2 Å². The predicted octanol–water partition coefficient (Wildman–Crippen LogP) is 7.58. The summed E-state index contributed by atoms with van der Waals surface area (Å²) in [5.41, 5.74) is 4.98. The van der Waals surface area contributed by atoms with Gasteiger partial charge < -0.3 is 4.42 Å². The van der Waals surface area contributed by atoms with Gasteiger partial charge in [0.05, 0.1) is 5.56 Å². The Hall–Kier alpha value is -3.57. The first-order valence-electron chi connectivity index (χ1n) is 10.3. The van der Waals surface area contributed by atoms with Gasteiger partial charge in [-0.3, -0.25) is 0 Å². The third-order valence-electron chi connectivity index (χ3n) is 5.54. The summed E-state index contributed by atoms with van der Waals surface area (Å²) in [5.74, 6) is 0. The third kappa shape index (κ3) is 3.99. The Morgan fingerprint density at radius 1 is 0.656 bits per heavy atom. The van der Waals surface area contributed by atoms with E-state index in [4.69, 9.17) is 4.42 Å². The van der Waals surface area contributed by atoms with E-state index in [0.29, 0.717) is 13.1 Å². The smallest absolute Gasteiger partial charge is 0.416 e. The predicted molar refractivity (Wildman–Crippen MR) is 120 cm³/mol. The van der Waals surface area contributed by atoms with Crippen LogP contribution in [0.1, 0.15) is 16.7 Å². The summed E-state index contributed by atoms with van der Waals surface area (Å²) >= 11 is 0. The van der Waals surface area contributed by atoms with E-state index < -0.39 is 11.7 Å². The van der Waals surface area contributed by atoms with Gasteiger partial charge in [0.15, 0.2) is 0 Å². The topological polar surface area (TPSA) is 27.2 Å². The fraction of sp³-hybridized carbons (Fsp3) is 0.111. The number of nitrogens with zero attached hydrogens (tertiary/aromatic N) is 1. The second kappa shape index (κ2) is 8.17. The fourth-order valence-corrected chi connectivity index (χ4v) is 3.88. The number of furan rings is 1. The standard InChI is InChI=1S/C27H19F3NO/c28-27(29,30)21-14-10-19(11-15-21)17-31-16-18-8-12-20(13-9-18)22-5-3-6-24-23-4-1-2-7-25(23)32-26(22)24/h1-15H,16-17H2. The molecule has 1 radical (unpaired) electrons. The van der Waals surface area contributed by atoms with Crippen molar-refractivity contribution in [1.82, 2.24) is 5.32 Å². The Bertz CT molecular complexity index is 1370. The lowest BCUT2D eigenvalue weighted by molar-refractivity contribution is -0.137. The van der Waals surface area contributed by atoms with E-state index in [-0.39, 0.29) is 0 Å². The number of alkyl halides is 3. The molecule has 0 fully saturated rings. The van der Waals surface area contributed by atoms with Crippen molar-refractivity contribution < 1.29 is 17.6 Å². The molecule has 5 aromatic rings. The minimum Gasteiger partial charge on any atom is -0.455 e. The molecule has 5 heteroatoms. The average molecular weight is 430 g/mol. The van der Waals surface area contributed by atoms with Gasteiger partial charge >= 0.3 is 6.18 Å². The highest BCUT2D eigenvalue weighted by molar-refractivity contribution is 6.09. The van der Waals surface area contributed by atoms with Crippen LogP contribution in [0.25, 0.3) is 33.1 Å². The van der Waals surface area contributed by atoms with Crippen LogP contribution >= 0.6 is 0 Å². The lowest BCUT2D eigenvalue weighted by atomic mass is 10.0. The van der Waals surface area contributed by atoms with Crippen molar-refractivity contribution in [2.75, 3.05) is 0 Å². The van der Waals surface area contributed by atoms with Crippen molar-refractivity contribution >= 4 is 21.9 Å². The van der Waals surface area contributed by atoms with Gasteiger partial charge in [0.2, 0.25) is 0 Å². The summed E-state index contributed by atoms with van der Waals surface area (Å²) in [6.07, 6.45) is -4.32. The molecule has 0 saturated heterocycles. The summed E-state index contributed by atoms with van der Waals surface area (Å²) in [5, 5.41) is 6.68. The van der Waals surface area contributed by atoms with Gasteiger partial charge in [0.1, 0.15) is 11.2 Å². The van der Waals surface area contributed by atoms with E-state index >= 15 is 0 Å². The lowest BCUT2D eigenvalue weighted by Gasteiger charge is -2.08. The molecule has 32 heavy (non-hydrogen) atoms. The van der Waals surface area contributed by atoms with Crippen molar-refractivity contribution in [1.29, 1.82) is 0 Å². The molecule has 0 bridgehead atoms. The molecule has 0 aliphatic carbocycles. The molecule has 5 rings (SSSR count). The van der Waals surface area contributed by atoms with Crippen molar-refractivity contribution in [2.45, 2.75) is 19.3 Å². The zero-order valence-corrected chi connectivity index (χ0v) is 17.1. The number of rotatable bonds is 5. The summed E-state index contributed by atoms with van der Waals surface area (Å²) < 4.78 is 44.1. The van der Waals surface area contributed by atoms with Gasteiger partial charge in [0.25, 0.3) is 0 Å². The van der Waals surface area contributed by atoms with E-state index in [1.54, 1.807) is 0 Å². The molecule has 0 spiro atoms. The van der Waals surface area contributed by atoms with Crippen LogP contribution in [0.15, 0.2) is 95.4 Å². The zero-order chi connectivity index (χ0) is 22.1.